The first-order valence-corrected chi connectivity index (χ1v) is 10.3. The van der Waals surface area contributed by atoms with E-state index in [0.717, 1.165) is 24.8 Å². The van der Waals surface area contributed by atoms with Gasteiger partial charge in [0.05, 0.1) is 4.90 Å². The van der Waals surface area contributed by atoms with Crippen LogP contribution >= 0.6 is 0 Å². The van der Waals surface area contributed by atoms with Gasteiger partial charge in [0.2, 0.25) is 10.0 Å². The third kappa shape index (κ3) is 4.50. The molecule has 0 aromatic heterocycles. The van der Waals surface area contributed by atoms with E-state index in [4.69, 9.17) is 0 Å². The molecule has 138 valence electrons. The molecule has 25 heavy (non-hydrogen) atoms. The van der Waals surface area contributed by atoms with Crippen molar-refractivity contribution in [3.8, 4) is 0 Å². The molecule has 0 bridgehead atoms. The van der Waals surface area contributed by atoms with E-state index >= 15 is 0 Å². The predicted molar refractivity (Wildman–Crippen MR) is 100 cm³/mol. The molecule has 1 atom stereocenters. The molecule has 0 spiro atoms. The van der Waals surface area contributed by atoms with Crippen LogP contribution in [0.4, 0.5) is 0 Å². The van der Waals surface area contributed by atoms with Crippen LogP contribution in [0.1, 0.15) is 50.4 Å². The van der Waals surface area contributed by atoms with Crippen molar-refractivity contribution < 1.29 is 13.2 Å². The van der Waals surface area contributed by atoms with Crippen LogP contribution in [0.2, 0.25) is 0 Å². The maximum atomic E-state index is 12.8. The van der Waals surface area contributed by atoms with Crippen molar-refractivity contribution in [2.45, 2.75) is 51.0 Å². The van der Waals surface area contributed by atoms with Gasteiger partial charge in [-0.05, 0) is 57.9 Å². The molecular weight excluding hydrogens is 336 g/mol. The Kier molecular flexibility index (Phi) is 6.41. The summed E-state index contributed by atoms with van der Waals surface area (Å²) in [6.07, 6.45) is 2.85. The maximum Gasteiger partial charge on any atom is 0.254 e. The Bertz CT molecular complexity index is 726. The van der Waals surface area contributed by atoms with Crippen LogP contribution in [-0.2, 0) is 10.0 Å². The number of amides is 1. The van der Waals surface area contributed by atoms with Crippen LogP contribution in [0.3, 0.4) is 0 Å². The smallest absolute Gasteiger partial charge is 0.254 e. The molecule has 1 aliphatic heterocycles. The van der Waals surface area contributed by atoms with Gasteiger partial charge in [0, 0.05) is 31.2 Å². The van der Waals surface area contributed by atoms with Crippen molar-refractivity contribution >= 4 is 15.9 Å². The van der Waals surface area contributed by atoms with Gasteiger partial charge in [0.25, 0.3) is 5.91 Å². The van der Waals surface area contributed by atoms with Gasteiger partial charge >= 0.3 is 0 Å². The number of rotatable bonds is 6. The van der Waals surface area contributed by atoms with E-state index in [1.165, 1.54) is 0 Å². The van der Waals surface area contributed by atoms with E-state index < -0.39 is 10.0 Å². The summed E-state index contributed by atoms with van der Waals surface area (Å²) < 4.78 is 27.2. The summed E-state index contributed by atoms with van der Waals surface area (Å²) in [7, 11) is -3.50. The zero-order valence-corrected chi connectivity index (χ0v) is 16.2. The van der Waals surface area contributed by atoms with Gasteiger partial charge < -0.3 is 4.90 Å². The molecule has 0 saturated carbocycles. The van der Waals surface area contributed by atoms with E-state index in [1.807, 2.05) is 20.8 Å². The summed E-state index contributed by atoms with van der Waals surface area (Å²) in [5.74, 6) is -0.110. The molecule has 0 radical (unpaired) electrons. The summed E-state index contributed by atoms with van der Waals surface area (Å²) in [5, 5.41) is 0. The highest BCUT2D eigenvalue weighted by molar-refractivity contribution is 7.89. The lowest BCUT2D eigenvalue weighted by Crippen LogP contribution is -2.41. The van der Waals surface area contributed by atoms with Crippen molar-refractivity contribution in [3.05, 3.63) is 42.0 Å². The van der Waals surface area contributed by atoms with Crippen molar-refractivity contribution in [2.24, 2.45) is 0 Å². The van der Waals surface area contributed by atoms with Crippen molar-refractivity contribution in [3.63, 3.8) is 0 Å². The zero-order chi connectivity index (χ0) is 18.6. The van der Waals surface area contributed by atoms with E-state index in [-0.39, 0.29) is 16.8 Å². The van der Waals surface area contributed by atoms with Gasteiger partial charge in [-0.2, -0.15) is 4.31 Å². The lowest BCUT2D eigenvalue weighted by Gasteiger charge is -2.32. The molecule has 1 fully saturated rings. The van der Waals surface area contributed by atoms with E-state index in [2.05, 4.69) is 6.58 Å². The molecular formula is C19H28N2O3S. The topological polar surface area (TPSA) is 57.7 Å². The fourth-order valence-corrected chi connectivity index (χ4v) is 4.87. The molecule has 1 saturated heterocycles. The lowest BCUT2D eigenvalue weighted by atomic mass is 10.1. The summed E-state index contributed by atoms with van der Waals surface area (Å²) in [5.41, 5.74) is 1.40. The van der Waals surface area contributed by atoms with Crippen LogP contribution in [0.25, 0.3) is 0 Å². The first-order chi connectivity index (χ1) is 11.8. The average molecular weight is 365 g/mol. The Hall–Kier alpha value is -1.66. The zero-order valence-electron chi connectivity index (χ0n) is 15.4. The van der Waals surface area contributed by atoms with Gasteiger partial charge in [-0.25, -0.2) is 8.42 Å². The number of carbonyl (C=O) groups is 1. The number of likely N-dealkylation sites (N-methyl/N-ethyl adjacent to an activating group) is 1. The monoisotopic (exact) mass is 364 g/mol. The van der Waals surface area contributed by atoms with E-state index in [0.29, 0.717) is 25.2 Å². The van der Waals surface area contributed by atoms with Crippen LogP contribution in [0, 0.1) is 0 Å². The maximum absolute atomic E-state index is 12.8. The Morgan fingerprint density at radius 2 is 1.92 bits per heavy atom. The van der Waals surface area contributed by atoms with Gasteiger partial charge in [-0.3, -0.25) is 4.79 Å². The Labute approximate surface area is 151 Å². The van der Waals surface area contributed by atoms with Crippen molar-refractivity contribution in [1.82, 2.24) is 9.21 Å². The van der Waals surface area contributed by atoms with Gasteiger partial charge in [0.1, 0.15) is 0 Å². The Balaban J connectivity index is 2.21. The molecule has 5 nitrogen and oxygen atoms in total. The van der Waals surface area contributed by atoms with Crippen LogP contribution < -0.4 is 0 Å². The average Bonchev–Trinajstić information content (AvgIpc) is 2.59. The van der Waals surface area contributed by atoms with Gasteiger partial charge in [-0.15, -0.1) is 0 Å². The van der Waals surface area contributed by atoms with E-state index in [9.17, 15) is 13.2 Å². The standard InChI is InChI=1S/C19H28N2O3S/c1-5-20(14-15(2)3)19(22)17-9-11-18(12-10-17)25(23,24)21-13-7-6-8-16(21)4/h9-12,16H,2,5-8,13-14H2,1,3-4H3. The summed E-state index contributed by atoms with van der Waals surface area (Å²) in [6.45, 7) is 11.2. The quantitative estimate of drug-likeness (QED) is 0.728. The second kappa shape index (κ2) is 8.15. The molecule has 1 amide bonds. The molecule has 6 heteroatoms. The molecule has 0 N–H and O–H groups in total. The Morgan fingerprint density at radius 3 is 2.44 bits per heavy atom. The Morgan fingerprint density at radius 1 is 1.28 bits per heavy atom. The number of benzene rings is 1. The molecule has 1 aliphatic rings. The van der Waals surface area contributed by atoms with Crippen LogP contribution in [-0.4, -0.2) is 49.2 Å². The number of piperidine rings is 1. The second-order valence-corrected chi connectivity index (χ2v) is 8.65. The number of sulfonamides is 1. The fraction of sp³-hybridized carbons (Fsp3) is 0.526. The number of carbonyl (C=O) groups excluding carboxylic acids is 1. The first kappa shape index (κ1) is 19.7. The fourth-order valence-electron chi connectivity index (χ4n) is 3.17. The highest BCUT2D eigenvalue weighted by atomic mass is 32.2. The normalized spacial score (nSPS) is 18.8. The number of hydrogen-bond acceptors (Lipinski definition) is 3. The van der Waals surface area contributed by atoms with E-state index in [1.54, 1.807) is 33.5 Å². The SMILES string of the molecule is C=C(C)CN(CC)C(=O)c1ccc(S(=O)(=O)N2CCCCC2C)cc1. The van der Waals surface area contributed by atoms with Crippen molar-refractivity contribution in [1.29, 1.82) is 0 Å². The first-order valence-electron chi connectivity index (χ1n) is 8.83. The number of hydrogen-bond donors (Lipinski definition) is 0. The molecule has 1 aromatic rings. The minimum atomic E-state index is -3.50. The lowest BCUT2D eigenvalue weighted by molar-refractivity contribution is 0.0778. The largest absolute Gasteiger partial charge is 0.335 e. The highest BCUT2D eigenvalue weighted by Crippen LogP contribution is 2.25. The summed E-state index contributed by atoms with van der Waals surface area (Å²) in [4.78, 5) is 14.5. The third-order valence-electron chi connectivity index (χ3n) is 4.58. The molecule has 1 unspecified atom stereocenters. The van der Waals surface area contributed by atoms with Gasteiger partial charge in [-0.1, -0.05) is 18.6 Å². The third-order valence-corrected chi connectivity index (χ3v) is 6.61. The number of nitrogens with zero attached hydrogens (tertiary/aromatic N) is 2. The summed E-state index contributed by atoms with van der Waals surface area (Å²) in [6, 6.07) is 6.30. The molecule has 0 aliphatic carbocycles. The predicted octanol–water partition coefficient (Wildman–Crippen LogP) is 3.29. The van der Waals surface area contributed by atoms with Gasteiger partial charge in [0.15, 0.2) is 0 Å². The second-order valence-electron chi connectivity index (χ2n) is 6.76. The van der Waals surface area contributed by atoms with Crippen molar-refractivity contribution in [2.75, 3.05) is 19.6 Å². The molecule has 2 rings (SSSR count). The minimum absolute atomic E-state index is 0.0196. The highest BCUT2D eigenvalue weighted by Gasteiger charge is 2.31. The van der Waals surface area contributed by atoms with Crippen LogP contribution in [0.15, 0.2) is 41.3 Å². The van der Waals surface area contributed by atoms with Crippen LogP contribution in [0.5, 0.6) is 0 Å². The summed E-state index contributed by atoms with van der Waals surface area (Å²) >= 11 is 0. The molecule has 1 heterocycles. The molecule has 1 aromatic carbocycles. The minimum Gasteiger partial charge on any atom is -0.335 e.